The average Bonchev–Trinajstić information content (AvgIpc) is 2.66. The van der Waals surface area contributed by atoms with E-state index in [1.165, 1.54) is 11.1 Å². The fourth-order valence-electron chi connectivity index (χ4n) is 3.09. The van der Waals surface area contributed by atoms with Gasteiger partial charge in [-0.05, 0) is 34.1 Å². The molecule has 0 aliphatic rings. The van der Waals surface area contributed by atoms with E-state index in [4.69, 9.17) is 15.0 Å². The molecule has 0 bridgehead atoms. The van der Waals surface area contributed by atoms with Gasteiger partial charge >= 0.3 is 0 Å². The van der Waals surface area contributed by atoms with Crippen LogP contribution < -0.4 is 0 Å². The number of benzene rings is 2. The third kappa shape index (κ3) is 4.46. The number of hydrogen-bond donors (Lipinski definition) is 0. The first-order valence-corrected chi connectivity index (χ1v) is 10.0. The molecule has 0 saturated carbocycles. The molecule has 2 aromatic carbocycles. The molecule has 28 heavy (non-hydrogen) atoms. The first-order valence-electron chi connectivity index (χ1n) is 10.0. The molecule has 0 atom stereocenters. The van der Waals surface area contributed by atoms with Crippen molar-refractivity contribution in [1.82, 2.24) is 15.0 Å². The van der Waals surface area contributed by atoms with E-state index in [1.54, 1.807) is 0 Å². The van der Waals surface area contributed by atoms with Crippen LogP contribution in [-0.4, -0.2) is 15.0 Å². The Balaban J connectivity index is 2.12. The Morgan fingerprint density at radius 2 is 1.07 bits per heavy atom. The van der Waals surface area contributed by atoms with Gasteiger partial charge in [0, 0.05) is 17.5 Å². The molecule has 0 saturated heterocycles. The van der Waals surface area contributed by atoms with Crippen molar-refractivity contribution in [2.24, 2.45) is 0 Å². The Morgan fingerprint density at radius 1 is 0.643 bits per heavy atom. The van der Waals surface area contributed by atoms with Gasteiger partial charge in [-0.2, -0.15) is 0 Å². The summed E-state index contributed by atoms with van der Waals surface area (Å²) < 4.78 is 0. The molecule has 0 radical (unpaired) electrons. The molecule has 146 valence electrons. The van der Waals surface area contributed by atoms with E-state index in [9.17, 15) is 0 Å². The molecule has 0 N–H and O–H groups in total. The molecule has 3 aromatic rings. The summed E-state index contributed by atoms with van der Waals surface area (Å²) in [6, 6.07) is 17.1. The highest BCUT2D eigenvalue weighted by atomic mass is 15.0. The van der Waals surface area contributed by atoms with Crippen molar-refractivity contribution in [1.29, 1.82) is 0 Å². The smallest absolute Gasteiger partial charge is 0.163 e. The normalized spacial score (nSPS) is 12.2. The van der Waals surface area contributed by atoms with Crippen molar-refractivity contribution < 1.29 is 0 Å². The van der Waals surface area contributed by atoms with Gasteiger partial charge in [-0.15, -0.1) is 0 Å². The minimum atomic E-state index is 0.0838. The van der Waals surface area contributed by atoms with Crippen LogP contribution in [0.3, 0.4) is 0 Å². The highest BCUT2D eigenvalue weighted by Gasteiger charge is 2.17. The molecular weight excluding hydrogens is 342 g/mol. The molecule has 0 aliphatic heterocycles. The summed E-state index contributed by atoms with van der Waals surface area (Å²) in [5.41, 5.74) is 4.80. The highest BCUT2D eigenvalue weighted by Crippen LogP contribution is 2.29. The lowest BCUT2D eigenvalue weighted by molar-refractivity contribution is 0.590. The van der Waals surface area contributed by atoms with Crippen LogP contribution >= 0.6 is 0 Å². The standard InChI is InChI=1S/C25H31N3/c1-8-21-26-22(17-11-9-13-19(15-17)24(2,3)4)28-23(27-21)18-12-10-14-20(16-18)25(5,6)7/h9-16H,8H2,1-7H3. The van der Waals surface area contributed by atoms with E-state index >= 15 is 0 Å². The van der Waals surface area contributed by atoms with Crippen molar-refractivity contribution in [3.8, 4) is 22.8 Å². The Morgan fingerprint density at radius 3 is 1.43 bits per heavy atom. The second kappa shape index (κ2) is 7.46. The topological polar surface area (TPSA) is 38.7 Å². The zero-order valence-electron chi connectivity index (χ0n) is 18.2. The maximum atomic E-state index is 4.85. The fourth-order valence-corrected chi connectivity index (χ4v) is 3.09. The van der Waals surface area contributed by atoms with Crippen LogP contribution in [0.5, 0.6) is 0 Å². The summed E-state index contributed by atoms with van der Waals surface area (Å²) >= 11 is 0. The number of hydrogen-bond acceptors (Lipinski definition) is 3. The minimum absolute atomic E-state index is 0.0838. The van der Waals surface area contributed by atoms with Gasteiger partial charge < -0.3 is 0 Å². The predicted molar refractivity (Wildman–Crippen MR) is 117 cm³/mol. The maximum Gasteiger partial charge on any atom is 0.163 e. The lowest BCUT2D eigenvalue weighted by Crippen LogP contribution is -2.11. The van der Waals surface area contributed by atoms with Gasteiger partial charge in [-0.25, -0.2) is 15.0 Å². The van der Waals surface area contributed by atoms with E-state index in [-0.39, 0.29) is 10.8 Å². The molecule has 0 fully saturated rings. The van der Waals surface area contributed by atoms with Gasteiger partial charge in [-0.3, -0.25) is 0 Å². The molecule has 0 aliphatic carbocycles. The van der Waals surface area contributed by atoms with E-state index in [0.717, 1.165) is 35.0 Å². The van der Waals surface area contributed by atoms with Crippen LogP contribution in [0, 0.1) is 0 Å². The lowest BCUT2D eigenvalue weighted by Gasteiger charge is -2.20. The quantitative estimate of drug-likeness (QED) is 0.536. The zero-order valence-corrected chi connectivity index (χ0v) is 18.2. The first kappa shape index (κ1) is 20.2. The fraction of sp³-hybridized carbons (Fsp3) is 0.400. The average molecular weight is 374 g/mol. The second-order valence-electron chi connectivity index (χ2n) is 9.41. The van der Waals surface area contributed by atoms with Crippen LogP contribution in [-0.2, 0) is 17.3 Å². The van der Waals surface area contributed by atoms with Gasteiger partial charge in [0.05, 0.1) is 0 Å². The lowest BCUT2D eigenvalue weighted by atomic mass is 9.86. The van der Waals surface area contributed by atoms with Crippen LogP contribution in [0.2, 0.25) is 0 Å². The van der Waals surface area contributed by atoms with Crippen LogP contribution in [0.4, 0.5) is 0 Å². The Hall–Kier alpha value is -2.55. The van der Waals surface area contributed by atoms with Crippen LogP contribution in [0.1, 0.15) is 65.4 Å². The zero-order chi connectivity index (χ0) is 20.5. The summed E-state index contributed by atoms with van der Waals surface area (Å²) in [5, 5.41) is 0. The number of rotatable bonds is 3. The third-order valence-corrected chi connectivity index (χ3v) is 4.97. The first-order chi connectivity index (χ1) is 13.1. The molecule has 1 aromatic heterocycles. The SMILES string of the molecule is CCc1nc(-c2cccc(C(C)(C)C)c2)nc(-c2cccc(C(C)(C)C)c2)n1. The Labute approximate surface area is 169 Å². The molecule has 0 amide bonds. The summed E-state index contributed by atoms with van der Waals surface area (Å²) in [4.78, 5) is 14.3. The minimum Gasteiger partial charge on any atom is -0.213 e. The second-order valence-corrected chi connectivity index (χ2v) is 9.41. The van der Waals surface area contributed by atoms with Crippen molar-refractivity contribution >= 4 is 0 Å². The molecule has 3 nitrogen and oxygen atoms in total. The predicted octanol–water partition coefficient (Wildman–Crippen LogP) is 6.36. The molecular formula is C25H31N3. The maximum absolute atomic E-state index is 4.85. The Kier molecular flexibility index (Phi) is 5.38. The van der Waals surface area contributed by atoms with E-state index in [0.29, 0.717) is 0 Å². The van der Waals surface area contributed by atoms with E-state index in [1.807, 2.05) is 0 Å². The van der Waals surface area contributed by atoms with E-state index in [2.05, 4.69) is 97.0 Å². The molecule has 0 spiro atoms. The number of aromatic nitrogens is 3. The summed E-state index contributed by atoms with van der Waals surface area (Å²) in [5.74, 6) is 2.31. The largest absolute Gasteiger partial charge is 0.213 e. The summed E-state index contributed by atoms with van der Waals surface area (Å²) in [6.45, 7) is 15.4. The van der Waals surface area contributed by atoms with Crippen LogP contribution in [0.15, 0.2) is 48.5 Å². The van der Waals surface area contributed by atoms with Crippen molar-refractivity contribution in [2.45, 2.75) is 65.7 Å². The van der Waals surface area contributed by atoms with Gasteiger partial charge in [-0.1, -0.05) is 84.9 Å². The van der Waals surface area contributed by atoms with Crippen LogP contribution in [0.25, 0.3) is 22.8 Å². The van der Waals surface area contributed by atoms with Gasteiger partial charge in [0.1, 0.15) is 5.82 Å². The highest BCUT2D eigenvalue weighted by molar-refractivity contribution is 5.62. The van der Waals surface area contributed by atoms with Crippen molar-refractivity contribution in [2.75, 3.05) is 0 Å². The van der Waals surface area contributed by atoms with Gasteiger partial charge in [0.2, 0.25) is 0 Å². The summed E-state index contributed by atoms with van der Waals surface area (Å²) in [7, 11) is 0. The van der Waals surface area contributed by atoms with Gasteiger partial charge in [0.25, 0.3) is 0 Å². The van der Waals surface area contributed by atoms with Crippen molar-refractivity contribution in [3.05, 3.63) is 65.5 Å². The monoisotopic (exact) mass is 373 g/mol. The number of nitrogens with zero attached hydrogens (tertiary/aromatic N) is 3. The molecule has 1 heterocycles. The molecule has 0 unspecified atom stereocenters. The van der Waals surface area contributed by atoms with Crippen molar-refractivity contribution in [3.63, 3.8) is 0 Å². The summed E-state index contributed by atoms with van der Waals surface area (Å²) in [6.07, 6.45) is 0.778. The Bertz CT molecular complexity index is 900. The molecule has 3 rings (SSSR count). The number of aryl methyl sites for hydroxylation is 1. The molecule has 3 heteroatoms. The third-order valence-electron chi connectivity index (χ3n) is 4.97. The van der Waals surface area contributed by atoms with Gasteiger partial charge in [0.15, 0.2) is 11.6 Å². The van der Waals surface area contributed by atoms with E-state index < -0.39 is 0 Å².